The average molecular weight is 458 g/mol. The Balaban J connectivity index is 1.58. The maximum absolute atomic E-state index is 12.5. The van der Waals surface area contributed by atoms with Crippen molar-refractivity contribution >= 4 is 44.9 Å². The fraction of sp³-hybridized carbons (Fsp3) is 0.182. The maximum Gasteiger partial charge on any atom is 0.293 e. The van der Waals surface area contributed by atoms with Gasteiger partial charge in [0.2, 0.25) is 0 Å². The van der Waals surface area contributed by atoms with E-state index < -0.39 is 0 Å². The number of hydrogen-bond donors (Lipinski definition) is 0. The number of carbonyl (C=O) groups excluding carboxylic acids is 2. The van der Waals surface area contributed by atoms with E-state index in [2.05, 4.69) is 15.9 Å². The Morgan fingerprint density at radius 3 is 2.61 bits per heavy atom. The molecule has 0 radical (unpaired) electrons. The van der Waals surface area contributed by atoms with Gasteiger partial charge in [-0.2, -0.15) is 0 Å². The fourth-order valence-electron chi connectivity index (χ4n) is 2.64. The van der Waals surface area contributed by atoms with Crippen LogP contribution in [0.5, 0.6) is 5.75 Å². The van der Waals surface area contributed by atoms with E-state index in [0.29, 0.717) is 4.91 Å². The maximum atomic E-state index is 12.5. The first-order valence-corrected chi connectivity index (χ1v) is 10.4. The molecule has 1 saturated heterocycles. The second-order valence-electron chi connectivity index (χ2n) is 6.38. The summed E-state index contributed by atoms with van der Waals surface area (Å²) in [6.45, 7) is 4.46. The van der Waals surface area contributed by atoms with Gasteiger partial charge in [-0.15, -0.1) is 0 Å². The molecule has 1 aliphatic heterocycles. The highest BCUT2D eigenvalue weighted by Crippen LogP contribution is 2.30. The molecule has 1 fully saturated rings. The number of benzene rings is 2. The quantitative estimate of drug-likeness (QED) is 0.518. The van der Waals surface area contributed by atoms with Crippen LogP contribution < -0.4 is 4.74 Å². The summed E-state index contributed by atoms with van der Waals surface area (Å²) >= 11 is 4.35. The van der Waals surface area contributed by atoms with Gasteiger partial charge in [0, 0.05) is 4.47 Å². The summed E-state index contributed by atoms with van der Waals surface area (Å²) in [5.74, 6) is 0.500. The van der Waals surface area contributed by atoms with Crippen LogP contribution in [0.2, 0.25) is 0 Å². The topological polar surface area (TPSA) is 46.6 Å². The lowest BCUT2D eigenvalue weighted by Crippen LogP contribution is -2.32. The van der Waals surface area contributed by atoms with Gasteiger partial charge in [-0.1, -0.05) is 52.3 Å². The van der Waals surface area contributed by atoms with Crippen molar-refractivity contribution in [2.75, 3.05) is 13.2 Å². The lowest BCUT2D eigenvalue weighted by molar-refractivity contribution is -0.123. The lowest BCUT2D eigenvalue weighted by atomic mass is 10.1. The minimum Gasteiger partial charge on any atom is -0.491 e. The van der Waals surface area contributed by atoms with E-state index in [1.54, 1.807) is 12.2 Å². The smallest absolute Gasteiger partial charge is 0.293 e. The number of nitrogens with zero attached hydrogens (tertiary/aromatic N) is 1. The summed E-state index contributed by atoms with van der Waals surface area (Å²) in [4.78, 5) is 26.3. The van der Waals surface area contributed by atoms with Crippen molar-refractivity contribution in [1.29, 1.82) is 0 Å². The standard InChI is InChI=1S/C22H20BrNO3S/c1-15-6-7-16(2)19(14-15)27-13-12-24-21(25)20(28-22(24)26)5-3-4-17-8-10-18(23)11-9-17/h3-11,14H,12-13H2,1-2H3/b4-3+,20-5-. The highest BCUT2D eigenvalue weighted by Gasteiger charge is 2.34. The number of allylic oxidation sites excluding steroid dienone is 2. The molecule has 1 aliphatic rings. The van der Waals surface area contributed by atoms with E-state index in [1.165, 1.54) is 4.90 Å². The Labute approximate surface area is 177 Å². The lowest BCUT2D eigenvalue weighted by Gasteiger charge is -2.14. The van der Waals surface area contributed by atoms with Gasteiger partial charge in [0.1, 0.15) is 12.4 Å². The molecule has 0 aliphatic carbocycles. The normalized spacial score (nSPS) is 15.8. The molecule has 0 bridgehead atoms. The van der Waals surface area contributed by atoms with Crippen molar-refractivity contribution in [2.45, 2.75) is 13.8 Å². The Bertz CT molecular complexity index is 951. The Kier molecular flexibility index (Phi) is 6.75. The molecule has 0 N–H and O–H groups in total. The molecule has 0 unspecified atom stereocenters. The van der Waals surface area contributed by atoms with Crippen molar-refractivity contribution in [2.24, 2.45) is 0 Å². The van der Waals surface area contributed by atoms with Crippen molar-refractivity contribution in [3.63, 3.8) is 0 Å². The second kappa shape index (κ2) is 9.26. The minimum atomic E-state index is -0.278. The SMILES string of the molecule is Cc1ccc(C)c(OCCN2C(=O)S/C(=C\C=C\c3ccc(Br)cc3)C2=O)c1. The summed E-state index contributed by atoms with van der Waals surface area (Å²) in [7, 11) is 0. The van der Waals surface area contributed by atoms with Crippen LogP contribution in [0.4, 0.5) is 4.79 Å². The van der Waals surface area contributed by atoms with Gasteiger partial charge in [-0.3, -0.25) is 14.5 Å². The monoisotopic (exact) mass is 457 g/mol. The van der Waals surface area contributed by atoms with E-state index in [-0.39, 0.29) is 24.3 Å². The number of imide groups is 1. The zero-order valence-corrected chi connectivity index (χ0v) is 18.0. The van der Waals surface area contributed by atoms with Crippen LogP contribution in [0, 0.1) is 13.8 Å². The molecule has 2 amide bonds. The van der Waals surface area contributed by atoms with Gasteiger partial charge < -0.3 is 4.74 Å². The van der Waals surface area contributed by atoms with E-state index in [1.807, 2.05) is 62.4 Å². The second-order valence-corrected chi connectivity index (χ2v) is 8.29. The third kappa shape index (κ3) is 5.14. The predicted molar refractivity (Wildman–Crippen MR) is 117 cm³/mol. The third-order valence-electron chi connectivity index (χ3n) is 4.20. The minimum absolute atomic E-state index is 0.228. The molecule has 0 saturated carbocycles. The van der Waals surface area contributed by atoms with Crippen LogP contribution in [0.25, 0.3) is 6.08 Å². The number of thioether (sulfide) groups is 1. The Hall–Kier alpha value is -2.31. The first-order chi connectivity index (χ1) is 13.4. The first-order valence-electron chi connectivity index (χ1n) is 8.82. The molecule has 0 aromatic heterocycles. The third-order valence-corrected chi connectivity index (χ3v) is 5.65. The highest BCUT2D eigenvalue weighted by atomic mass is 79.9. The average Bonchev–Trinajstić information content (AvgIpc) is 2.93. The number of halogens is 1. The summed E-state index contributed by atoms with van der Waals surface area (Å²) in [5, 5.41) is -0.266. The number of rotatable bonds is 6. The van der Waals surface area contributed by atoms with Crippen molar-refractivity contribution in [1.82, 2.24) is 4.90 Å². The molecule has 28 heavy (non-hydrogen) atoms. The van der Waals surface area contributed by atoms with Gasteiger partial charge in [0.05, 0.1) is 11.4 Å². The van der Waals surface area contributed by atoms with Gasteiger partial charge in [-0.05, 0) is 66.6 Å². The summed E-state index contributed by atoms with van der Waals surface area (Å²) in [6, 6.07) is 13.8. The summed E-state index contributed by atoms with van der Waals surface area (Å²) in [5.41, 5.74) is 3.14. The van der Waals surface area contributed by atoms with E-state index in [0.717, 1.165) is 38.7 Å². The van der Waals surface area contributed by atoms with Crippen molar-refractivity contribution in [3.8, 4) is 5.75 Å². The van der Waals surface area contributed by atoms with Gasteiger partial charge >= 0.3 is 0 Å². The molecule has 2 aromatic rings. The molecule has 2 aromatic carbocycles. The molecular formula is C22H20BrNO3S. The van der Waals surface area contributed by atoms with E-state index in [9.17, 15) is 9.59 Å². The largest absolute Gasteiger partial charge is 0.491 e. The van der Waals surface area contributed by atoms with Crippen LogP contribution in [0.1, 0.15) is 16.7 Å². The summed E-state index contributed by atoms with van der Waals surface area (Å²) in [6.07, 6.45) is 5.36. The highest BCUT2D eigenvalue weighted by molar-refractivity contribution is 9.10. The number of ether oxygens (including phenoxy) is 1. The van der Waals surface area contributed by atoms with Crippen LogP contribution in [0.15, 0.2) is 64.0 Å². The summed E-state index contributed by atoms with van der Waals surface area (Å²) < 4.78 is 6.78. The van der Waals surface area contributed by atoms with Gasteiger partial charge in [-0.25, -0.2) is 0 Å². The predicted octanol–water partition coefficient (Wildman–Crippen LogP) is 5.74. The van der Waals surface area contributed by atoms with Crippen LogP contribution in [-0.4, -0.2) is 29.2 Å². The van der Waals surface area contributed by atoms with Gasteiger partial charge in [0.15, 0.2) is 0 Å². The van der Waals surface area contributed by atoms with E-state index >= 15 is 0 Å². The molecule has 3 rings (SSSR count). The zero-order valence-electron chi connectivity index (χ0n) is 15.6. The Morgan fingerprint density at radius 2 is 1.86 bits per heavy atom. The number of hydrogen-bond acceptors (Lipinski definition) is 4. The molecule has 6 heteroatoms. The number of carbonyl (C=O) groups is 2. The molecule has 0 spiro atoms. The molecule has 0 atom stereocenters. The van der Waals surface area contributed by atoms with Crippen molar-refractivity contribution in [3.05, 3.63) is 80.7 Å². The zero-order chi connectivity index (χ0) is 20.1. The number of aryl methyl sites for hydroxylation is 2. The van der Waals surface area contributed by atoms with Crippen LogP contribution in [-0.2, 0) is 4.79 Å². The molecule has 144 valence electrons. The fourth-order valence-corrected chi connectivity index (χ4v) is 3.72. The van der Waals surface area contributed by atoms with Crippen molar-refractivity contribution < 1.29 is 14.3 Å². The van der Waals surface area contributed by atoms with Crippen LogP contribution in [0.3, 0.4) is 0 Å². The number of amides is 2. The Morgan fingerprint density at radius 1 is 1.11 bits per heavy atom. The van der Waals surface area contributed by atoms with E-state index in [4.69, 9.17) is 4.74 Å². The van der Waals surface area contributed by atoms with Gasteiger partial charge in [0.25, 0.3) is 11.1 Å². The molecule has 4 nitrogen and oxygen atoms in total. The molecule has 1 heterocycles. The molecular weight excluding hydrogens is 438 g/mol. The first kappa shape index (κ1) is 20.4. The van der Waals surface area contributed by atoms with Crippen LogP contribution >= 0.6 is 27.7 Å².